The van der Waals surface area contributed by atoms with Crippen LogP contribution in [-0.2, 0) is 22.6 Å². The molecule has 8 heteroatoms. The number of carbonyl (C=O) groups excluding carboxylic acids is 2. The number of aromatic nitrogens is 4. The van der Waals surface area contributed by atoms with Crippen molar-refractivity contribution in [2.75, 3.05) is 0 Å². The van der Waals surface area contributed by atoms with Gasteiger partial charge in [-0.15, -0.1) is 10.2 Å². The molecule has 0 aliphatic heterocycles. The molecule has 2 aromatic carbocycles. The Bertz CT molecular complexity index is 952. The van der Waals surface area contributed by atoms with Crippen LogP contribution in [0.1, 0.15) is 16.7 Å². The second kappa shape index (κ2) is 8.22. The Labute approximate surface area is 156 Å². The third-order valence-corrected chi connectivity index (χ3v) is 4.05. The van der Waals surface area contributed by atoms with E-state index < -0.39 is 5.91 Å². The number of hydrogen-bond donors (Lipinski definition) is 2. The van der Waals surface area contributed by atoms with Gasteiger partial charge in [-0.2, -0.15) is 4.80 Å². The molecule has 0 aliphatic carbocycles. The predicted molar refractivity (Wildman–Crippen MR) is 99.2 cm³/mol. The first-order chi connectivity index (χ1) is 13.0. The highest BCUT2D eigenvalue weighted by molar-refractivity contribution is 5.83. The predicted octanol–water partition coefficient (Wildman–Crippen LogP) is 1.35. The van der Waals surface area contributed by atoms with E-state index in [-0.39, 0.29) is 18.9 Å². The van der Waals surface area contributed by atoms with Crippen molar-refractivity contribution in [2.24, 2.45) is 0 Å². The van der Waals surface area contributed by atoms with Crippen molar-refractivity contribution in [1.82, 2.24) is 31.1 Å². The highest BCUT2D eigenvalue weighted by Crippen LogP contribution is 2.12. The van der Waals surface area contributed by atoms with E-state index in [0.717, 1.165) is 16.7 Å². The zero-order valence-electron chi connectivity index (χ0n) is 15.1. The monoisotopic (exact) mass is 364 g/mol. The molecule has 0 aliphatic rings. The zero-order chi connectivity index (χ0) is 19.2. The highest BCUT2D eigenvalue weighted by Gasteiger charge is 2.10. The maximum absolute atomic E-state index is 12.0. The van der Waals surface area contributed by atoms with E-state index in [4.69, 9.17) is 0 Å². The smallest absolute Gasteiger partial charge is 0.262 e. The van der Waals surface area contributed by atoms with E-state index in [1.54, 1.807) is 0 Å². The molecule has 2 N–H and O–H groups in total. The first-order valence-corrected chi connectivity index (χ1v) is 8.48. The summed E-state index contributed by atoms with van der Waals surface area (Å²) in [5.74, 6) is -0.314. The lowest BCUT2D eigenvalue weighted by Gasteiger charge is -2.08. The van der Waals surface area contributed by atoms with Gasteiger partial charge in [-0.3, -0.25) is 20.4 Å². The molecule has 0 saturated heterocycles. The highest BCUT2D eigenvalue weighted by atomic mass is 16.2. The lowest BCUT2D eigenvalue weighted by atomic mass is 10.0. The molecule has 1 heterocycles. The number of hydrazine groups is 1. The Balaban J connectivity index is 1.49. The summed E-state index contributed by atoms with van der Waals surface area (Å²) >= 11 is 0. The topological polar surface area (TPSA) is 102 Å². The summed E-state index contributed by atoms with van der Waals surface area (Å²) < 4.78 is 0. The van der Waals surface area contributed by atoms with Gasteiger partial charge >= 0.3 is 0 Å². The molecule has 0 fully saturated rings. The minimum Gasteiger partial charge on any atom is -0.273 e. The molecule has 2 amide bonds. The third-order valence-electron chi connectivity index (χ3n) is 4.05. The number of hydrogen-bond acceptors (Lipinski definition) is 5. The molecule has 138 valence electrons. The summed E-state index contributed by atoms with van der Waals surface area (Å²) in [5.41, 5.74) is 8.74. The van der Waals surface area contributed by atoms with E-state index in [1.165, 1.54) is 10.4 Å². The van der Waals surface area contributed by atoms with Crippen LogP contribution in [0.2, 0.25) is 0 Å². The van der Waals surface area contributed by atoms with Gasteiger partial charge in [-0.1, -0.05) is 48.5 Å². The van der Waals surface area contributed by atoms with Gasteiger partial charge in [0.2, 0.25) is 11.7 Å². The molecule has 3 rings (SSSR count). The average Bonchev–Trinajstić information content (AvgIpc) is 3.12. The standard InChI is InChI=1S/C19H20N6O2/c1-13-8-9-15(10-14(13)2)11-17(26)20-21-18(27)12-25-23-19(22-24-25)16-6-4-3-5-7-16/h3-10H,11-12H2,1-2H3,(H,20,26)(H,21,27). The van der Waals surface area contributed by atoms with Crippen molar-refractivity contribution in [3.05, 3.63) is 65.2 Å². The summed E-state index contributed by atoms with van der Waals surface area (Å²) in [6.45, 7) is 3.86. The molecular weight excluding hydrogens is 344 g/mol. The first-order valence-electron chi connectivity index (χ1n) is 8.48. The quantitative estimate of drug-likeness (QED) is 0.666. The first kappa shape index (κ1) is 18.2. The van der Waals surface area contributed by atoms with Crippen molar-refractivity contribution >= 4 is 11.8 Å². The number of nitrogens with one attached hydrogen (secondary N) is 2. The second-order valence-corrected chi connectivity index (χ2v) is 6.20. The Kier molecular flexibility index (Phi) is 5.55. The van der Waals surface area contributed by atoms with Crippen LogP contribution in [0, 0.1) is 13.8 Å². The molecule has 0 bridgehead atoms. The molecule has 27 heavy (non-hydrogen) atoms. The fourth-order valence-corrected chi connectivity index (χ4v) is 2.46. The Morgan fingerprint density at radius 3 is 2.44 bits per heavy atom. The van der Waals surface area contributed by atoms with Gasteiger partial charge in [0, 0.05) is 5.56 Å². The fourth-order valence-electron chi connectivity index (χ4n) is 2.46. The summed E-state index contributed by atoms with van der Waals surface area (Å²) in [5, 5.41) is 11.9. The van der Waals surface area contributed by atoms with Crippen LogP contribution in [0.3, 0.4) is 0 Å². The minimum absolute atomic E-state index is 0.149. The van der Waals surface area contributed by atoms with Crippen molar-refractivity contribution in [3.8, 4) is 11.4 Å². The van der Waals surface area contributed by atoms with Crippen LogP contribution < -0.4 is 10.9 Å². The second-order valence-electron chi connectivity index (χ2n) is 6.20. The van der Waals surface area contributed by atoms with Crippen LogP contribution in [0.5, 0.6) is 0 Å². The molecule has 1 aromatic heterocycles. The number of nitrogens with zero attached hydrogens (tertiary/aromatic N) is 4. The van der Waals surface area contributed by atoms with Crippen molar-refractivity contribution in [1.29, 1.82) is 0 Å². The summed E-state index contributed by atoms with van der Waals surface area (Å²) in [4.78, 5) is 25.1. The number of amides is 2. The largest absolute Gasteiger partial charge is 0.273 e. The molecular formula is C19H20N6O2. The maximum atomic E-state index is 12.0. The lowest BCUT2D eigenvalue weighted by molar-refractivity contribution is -0.129. The van der Waals surface area contributed by atoms with Crippen molar-refractivity contribution in [3.63, 3.8) is 0 Å². The van der Waals surface area contributed by atoms with Crippen molar-refractivity contribution in [2.45, 2.75) is 26.8 Å². The summed E-state index contributed by atoms with van der Waals surface area (Å²) in [6.07, 6.45) is 0.182. The molecule has 0 radical (unpaired) electrons. The van der Waals surface area contributed by atoms with E-state index in [9.17, 15) is 9.59 Å². The third kappa shape index (κ3) is 4.97. The molecule has 3 aromatic rings. The average molecular weight is 364 g/mol. The number of carbonyl (C=O) groups is 2. The number of tetrazole rings is 1. The Morgan fingerprint density at radius 2 is 1.70 bits per heavy atom. The maximum Gasteiger partial charge on any atom is 0.262 e. The number of rotatable bonds is 5. The van der Waals surface area contributed by atoms with E-state index >= 15 is 0 Å². The van der Waals surface area contributed by atoms with Crippen LogP contribution in [-0.4, -0.2) is 32.0 Å². The molecule has 0 atom stereocenters. The molecule has 8 nitrogen and oxygen atoms in total. The Morgan fingerprint density at radius 1 is 0.963 bits per heavy atom. The lowest BCUT2D eigenvalue weighted by Crippen LogP contribution is -2.44. The zero-order valence-corrected chi connectivity index (χ0v) is 15.1. The van der Waals surface area contributed by atoms with Crippen LogP contribution in [0.25, 0.3) is 11.4 Å². The van der Waals surface area contributed by atoms with Gasteiger partial charge in [0.15, 0.2) is 0 Å². The fraction of sp³-hybridized carbons (Fsp3) is 0.211. The van der Waals surface area contributed by atoms with Crippen LogP contribution in [0.15, 0.2) is 48.5 Å². The number of aryl methyl sites for hydroxylation is 2. The minimum atomic E-state index is -0.444. The molecule has 0 unspecified atom stereocenters. The van der Waals surface area contributed by atoms with Gasteiger partial charge in [-0.05, 0) is 35.8 Å². The Hall–Kier alpha value is -3.55. The van der Waals surface area contributed by atoms with E-state index in [2.05, 4.69) is 26.3 Å². The van der Waals surface area contributed by atoms with Gasteiger partial charge in [0.05, 0.1) is 6.42 Å². The normalized spacial score (nSPS) is 10.4. The van der Waals surface area contributed by atoms with Crippen LogP contribution >= 0.6 is 0 Å². The van der Waals surface area contributed by atoms with Gasteiger partial charge in [0.25, 0.3) is 5.91 Å². The summed E-state index contributed by atoms with van der Waals surface area (Å²) in [6, 6.07) is 15.2. The van der Waals surface area contributed by atoms with Gasteiger partial charge in [0.1, 0.15) is 6.54 Å². The summed E-state index contributed by atoms with van der Waals surface area (Å²) in [7, 11) is 0. The van der Waals surface area contributed by atoms with Crippen LogP contribution in [0.4, 0.5) is 0 Å². The van der Waals surface area contributed by atoms with E-state index in [0.29, 0.717) is 5.82 Å². The van der Waals surface area contributed by atoms with E-state index in [1.807, 2.05) is 62.4 Å². The SMILES string of the molecule is Cc1ccc(CC(=O)NNC(=O)Cn2nnc(-c3ccccc3)n2)cc1C. The molecule has 0 saturated carbocycles. The molecule has 0 spiro atoms. The number of benzene rings is 2. The van der Waals surface area contributed by atoms with Crippen molar-refractivity contribution < 1.29 is 9.59 Å². The van der Waals surface area contributed by atoms with Gasteiger partial charge < -0.3 is 0 Å². The van der Waals surface area contributed by atoms with Gasteiger partial charge in [-0.25, -0.2) is 0 Å².